The quantitative estimate of drug-likeness (QED) is 0.292. The van der Waals surface area contributed by atoms with Crippen molar-refractivity contribution in [1.29, 1.82) is 0 Å². The zero-order valence-corrected chi connectivity index (χ0v) is 19.2. The number of rotatable bonds is 8. The summed E-state index contributed by atoms with van der Waals surface area (Å²) in [6.45, 7) is 4.32. The Balaban J connectivity index is 2.35. The second-order valence-electron chi connectivity index (χ2n) is 5.50. The lowest BCUT2D eigenvalue weighted by molar-refractivity contribution is 0.748. The van der Waals surface area contributed by atoms with Gasteiger partial charge in [0.15, 0.2) is 0 Å². The number of nitrogen functional groups attached to an aromatic ring is 1. The maximum absolute atomic E-state index is 6.78. The van der Waals surface area contributed by atoms with Crippen molar-refractivity contribution in [3.05, 3.63) is 34.1 Å². The van der Waals surface area contributed by atoms with Gasteiger partial charge >= 0.3 is 0 Å². The van der Waals surface area contributed by atoms with Crippen LogP contribution in [0.1, 0.15) is 20.3 Å². The Bertz CT molecular complexity index is 644. The van der Waals surface area contributed by atoms with Gasteiger partial charge in [-0.05, 0) is 53.2 Å². The van der Waals surface area contributed by atoms with Crippen LogP contribution < -0.4 is 11.5 Å². The maximum atomic E-state index is 6.78. The number of allylic oxidation sites excluding steroid dienone is 1. The normalized spacial score (nSPS) is 20.4. The number of anilines is 1. The van der Waals surface area contributed by atoms with Gasteiger partial charge in [-0.2, -0.15) is 0 Å². The summed E-state index contributed by atoms with van der Waals surface area (Å²) in [6.07, 6.45) is 9.54. The third-order valence-corrected chi connectivity index (χ3v) is 8.11. The van der Waals surface area contributed by atoms with E-state index in [9.17, 15) is 0 Å². The molecule has 0 spiro atoms. The third kappa shape index (κ3) is 5.84. The predicted octanol–water partition coefficient (Wildman–Crippen LogP) is 6.14. The van der Waals surface area contributed by atoms with E-state index in [4.69, 9.17) is 11.5 Å². The summed E-state index contributed by atoms with van der Waals surface area (Å²) in [7, 11) is 0. The SMILES string of the molecule is CCSc1cc(SC2(N)C=C(SC)C=C(SC)C2)cc(SCC)c1N. The molecule has 0 saturated carbocycles. The van der Waals surface area contributed by atoms with E-state index in [1.807, 2.05) is 0 Å². The molecule has 138 valence electrons. The van der Waals surface area contributed by atoms with Crippen LogP contribution in [0.3, 0.4) is 0 Å². The Morgan fingerprint density at radius 3 is 2.12 bits per heavy atom. The van der Waals surface area contributed by atoms with E-state index in [-0.39, 0.29) is 0 Å². The van der Waals surface area contributed by atoms with Crippen LogP contribution in [0.25, 0.3) is 0 Å². The fourth-order valence-electron chi connectivity index (χ4n) is 2.54. The minimum atomic E-state index is -0.413. The van der Waals surface area contributed by atoms with Crippen molar-refractivity contribution >= 4 is 64.5 Å². The van der Waals surface area contributed by atoms with Crippen molar-refractivity contribution < 1.29 is 0 Å². The molecule has 1 aromatic carbocycles. The molecular weight excluding hydrogens is 405 g/mol. The zero-order chi connectivity index (χ0) is 18.4. The molecule has 0 aromatic heterocycles. The molecule has 0 bridgehead atoms. The lowest BCUT2D eigenvalue weighted by Crippen LogP contribution is -2.35. The first kappa shape index (κ1) is 21.5. The Labute approximate surface area is 173 Å². The molecule has 2 rings (SSSR count). The molecule has 0 fully saturated rings. The Morgan fingerprint density at radius 1 is 1.04 bits per heavy atom. The first-order chi connectivity index (χ1) is 11.9. The van der Waals surface area contributed by atoms with Gasteiger partial charge in [-0.1, -0.05) is 25.6 Å². The number of thioether (sulfide) groups is 5. The van der Waals surface area contributed by atoms with Crippen LogP contribution >= 0.6 is 58.8 Å². The molecule has 7 heteroatoms. The molecule has 1 unspecified atom stereocenters. The van der Waals surface area contributed by atoms with Crippen molar-refractivity contribution in [3.8, 4) is 0 Å². The lowest BCUT2D eigenvalue weighted by Gasteiger charge is -2.30. The van der Waals surface area contributed by atoms with Gasteiger partial charge in [-0.25, -0.2) is 0 Å². The maximum Gasteiger partial charge on any atom is 0.0912 e. The van der Waals surface area contributed by atoms with E-state index in [1.54, 1.807) is 58.8 Å². The third-order valence-electron chi connectivity index (χ3n) is 3.62. The van der Waals surface area contributed by atoms with Crippen molar-refractivity contribution in [2.75, 3.05) is 29.8 Å². The molecule has 1 atom stereocenters. The number of benzene rings is 1. The molecular formula is C18H26N2S5. The van der Waals surface area contributed by atoms with E-state index in [2.05, 4.69) is 50.6 Å². The first-order valence-corrected chi connectivity index (χ1v) is 13.4. The summed E-state index contributed by atoms with van der Waals surface area (Å²) in [4.78, 5) is 5.69. The summed E-state index contributed by atoms with van der Waals surface area (Å²) < 4.78 is 0. The van der Waals surface area contributed by atoms with E-state index < -0.39 is 4.87 Å². The highest BCUT2D eigenvalue weighted by molar-refractivity contribution is 8.04. The van der Waals surface area contributed by atoms with Crippen LogP contribution in [-0.2, 0) is 0 Å². The summed E-state index contributed by atoms with van der Waals surface area (Å²) in [5.74, 6) is 2.02. The van der Waals surface area contributed by atoms with Gasteiger partial charge in [-0.3, -0.25) is 0 Å². The smallest absolute Gasteiger partial charge is 0.0912 e. The molecule has 4 N–H and O–H groups in total. The molecule has 2 nitrogen and oxygen atoms in total. The number of hydrogen-bond donors (Lipinski definition) is 2. The van der Waals surface area contributed by atoms with Gasteiger partial charge < -0.3 is 11.5 Å². The first-order valence-electron chi connectivity index (χ1n) is 8.13. The van der Waals surface area contributed by atoms with Crippen molar-refractivity contribution in [2.45, 2.75) is 39.8 Å². The molecule has 25 heavy (non-hydrogen) atoms. The highest BCUT2D eigenvalue weighted by atomic mass is 32.2. The standard InChI is InChI=1S/C18H26N2S5/c1-5-23-15-8-12(9-16(17(15)19)24-6-2)25-18(20)10-13(21-3)7-14(11-18)22-4/h7-10H,5-6,11,19-20H2,1-4H3. The molecule has 0 heterocycles. The van der Waals surface area contributed by atoms with Crippen LogP contribution in [0.2, 0.25) is 0 Å². The van der Waals surface area contributed by atoms with Gasteiger partial charge in [0.05, 0.1) is 10.6 Å². The van der Waals surface area contributed by atoms with Crippen LogP contribution in [-0.4, -0.2) is 28.9 Å². The summed E-state index contributed by atoms with van der Waals surface area (Å²) in [5, 5.41) is 0. The monoisotopic (exact) mass is 430 g/mol. The Hall–Kier alpha value is 0.210. The number of hydrogen-bond acceptors (Lipinski definition) is 7. The number of nitrogens with two attached hydrogens (primary N) is 2. The van der Waals surface area contributed by atoms with E-state index >= 15 is 0 Å². The highest BCUT2D eigenvalue weighted by Gasteiger charge is 2.29. The molecule has 0 aliphatic heterocycles. The fraction of sp³-hybridized carbons (Fsp3) is 0.444. The van der Waals surface area contributed by atoms with Crippen LogP contribution in [0.15, 0.2) is 48.8 Å². The van der Waals surface area contributed by atoms with Gasteiger partial charge in [0.1, 0.15) is 0 Å². The average molecular weight is 431 g/mol. The minimum absolute atomic E-state index is 0.413. The second-order valence-corrected chi connectivity index (χ2v) is 11.4. The molecule has 1 aliphatic rings. The summed E-state index contributed by atoms with van der Waals surface area (Å²) in [5.41, 5.74) is 14.1. The van der Waals surface area contributed by atoms with Crippen molar-refractivity contribution in [2.24, 2.45) is 5.73 Å². The van der Waals surface area contributed by atoms with Crippen molar-refractivity contribution in [1.82, 2.24) is 0 Å². The molecule has 1 aromatic rings. The Morgan fingerprint density at radius 2 is 1.64 bits per heavy atom. The summed E-state index contributed by atoms with van der Waals surface area (Å²) in [6, 6.07) is 4.40. The fourth-order valence-corrected chi connectivity index (χ4v) is 6.99. The average Bonchev–Trinajstić information content (AvgIpc) is 2.58. The van der Waals surface area contributed by atoms with Gasteiger partial charge in [0, 0.05) is 26.0 Å². The van der Waals surface area contributed by atoms with Crippen LogP contribution in [0, 0.1) is 0 Å². The van der Waals surface area contributed by atoms with Crippen LogP contribution in [0.4, 0.5) is 5.69 Å². The molecule has 0 amide bonds. The zero-order valence-electron chi connectivity index (χ0n) is 15.1. The van der Waals surface area contributed by atoms with Gasteiger partial charge in [-0.15, -0.1) is 47.0 Å². The lowest BCUT2D eigenvalue weighted by atomic mass is 10.1. The molecule has 1 aliphatic carbocycles. The second kappa shape index (κ2) is 9.95. The molecule has 0 saturated heterocycles. The van der Waals surface area contributed by atoms with Gasteiger partial charge in [0.25, 0.3) is 0 Å². The Kier molecular flexibility index (Phi) is 8.56. The van der Waals surface area contributed by atoms with Crippen molar-refractivity contribution in [3.63, 3.8) is 0 Å². The summed E-state index contributed by atoms with van der Waals surface area (Å²) >= 11 is 8.89. The van der Waals surface area contributed by atoms with Crippen LogP contribution in [0.5, 0.6) is 0 Å². The largest absolute Gasteiger partial charge is 0.397 e. The van der Waals surface area contributed by atoms with E-state index in [1.165, 1.54) is 14.7 Å². The highest BCUT2D eigenvalue weighted by Crippen LogP contribution is 2.45. The molecule has 0 radical (unpaired) electrons. The minimum Gasteiger partial charge on any atom is -0.397 e. The predicted molar refractivity (Wildman–Crippen MR) is 124 cm³/mol. The van der Waals surface area contributed by atoms with E-state index in [0.717, 1.165) is 33.4 Å². The van der Waals surface area contributed by atoms with E-state index in [0.29, 0.717) is 0 Å². The topological polar surface area (TPSA) is 52.0 Å². The van der Waals surface area contributed by atoms with Gasteiger partial charge in [0.2, 0.25) is 0 Å².